The zero-order chi connectivity index (χ0) is 26.2. The molecule has 0 saturated heterocycles. The van der Waals surface area contributed by atoms with Gasteiger partial charge in [-0.1, -0.05) is 104 Å². The van der Waals surface area contributed by atoms with Crippen LogP contribution in [0.5, 0.6) is 0 Å². The monoisotopic (exact) mass is 500 g/mol. The molecule has 196 valence electrons. The van der Waals surface area contributed by atoms with Crippen LogP contribution in [0.25, 0.3) is 0 Å². The summed E-state index contributed by atoms with van der Waals surface area (Å²) < 4.78 is 0. The molecule has 3 aromatic rings. The number of hydrogen-bond acceptors (Lipinski definition) is 0. The minimum Gasteiger partial charge on any atom is -0.115 e. The van der Waals surface area contributed by atoms with Crippen LogP contribution in [0.4, 0.5) is 0 Å². The normalized spacial score (nSPS) is 20.9. The Labute approximate surface area is 231 Å². The van der Waals surface area contributed by atoms with Crippen LogP contribution in [0.15, 0.2) is 91.0 Å². The number of terminal acetylenes is 1. The van der Waals surface area contributed by atoms with Gasteiger partial charge in [0.1, 0.15) is 0 Å². The maximum absolute atomic E-state index is 5.54. The van der Waals surface area contributed by atoms with Crippen LogP contribution in [-0.2, 0) is 12.8 Å². The topological polar surface area (TPSA) is 0 Å². The van der Waals surface area contributed by atoms with Crippen molar-refractivity contribution in [2.24, 2.45) is 11.8 Å². The van der Waals surface area contributed by atoms with Crippen molar-refractivity contribution in [1.82, 2.24) is 0 Å². The van der Waals surface area contributed by atoms with Gasteiger partial charge in [-0.3, -0.25) is 0 Å². The van der Waals surface area contributed by atoms with Gasteiger partial charge in [-0.2, -0.15) is 0 Å². The second-order valence-electron chi connectivity index (χ2n) is 11.9. The third-order valence-corrected chi connectivity index (χ3v) is 9.40. The molecule has 0 N–H and O–H groups in total. The average Bonchev–Trinajstić information content (AvgIpc) is 2.99. The summed E-state index contributed by atoms with van der Waals surface area (Å²) in [5.41, 5.74) is 8.29. The van der Waals surface area contributed by atoms with E-state index in [0.717, 1.165) is 30.2 Å². The zero-order valence-electron chi connectivity index (χ0n) is 23.1. The summed E-state index contributed by atoms with van der Waals surface area (Å²) >= 11 is 0. The van der Waals surface area contributed by atoms with Gasteiger partial charge in [-0.25, -0.2) is 0 Å². The first-order valence-electron chi connectivity index (χ1n) is 15.1. The predicted molar refractivity (Wildman–Crippen MR) is 162 cm³/mol. The van der Waals surface area contributed by atoms with Crippen molar-refractivity contribution in [2.45, 2.75) is 88.9 Å². The molecule has 0 aromatic heterocycles. The lowest BCUT2D eigenvalue weighted by atomic mass is 9.69. The van der Waals surface area contributed by atoms with E-state index in [1.54, 1.807) is 5.56 Å². The van der Waals surface area contributed by atoms with Gasteiger partial charge in [0.2, 0.25) is 0 Å². The molecule has 0 heterocycles. The molecule has 3 aromatic carbocycles. The molecular formula is C38H44. The fourth-order valence-corrected chi connectivity index (χ4v) is 7.15. The molecule has 2 aliphatic rings. The van der Waals surface area contributed by atoms with Crippen molar-refractivity contribution < 1.29 is 0 Å². The van der Waals surface area contributed by atoms with Crippen LogP contribution in [0.2, 0.25) is 0 Å². The summed E-state index contributed by atoms with van der Waals surface area (Å²) in [5.74, 6) is 5.44. The molecule has 2 aliphatic carbocycles. The molecule has 5 rings (SSSR count). The maximum Gasteiger partial charge on any atom is 0.0242 e. The van der Waals surface area contributed by atoms with Gasteiger partial charge >= 0.3 is 0 Å². The van der Waals surface area contributed by atoms with Crippen molar-refractivity contribution in [3.05, 3.63) is 119 Å². The molecule has 0 aliphatic heterocycles. The van der Waals surface area contributed by atoms with Gasteiger partial charge in [0.15, 0.2) is 0 Å². The van der Waals surface area contributed by atoms with Crippen LogP contribution in [-0.4, -0.2) is 0 Å². The third-order valence-electron chi connectivity index (χ3n) is 9.40. The number of aryl methyl sites for hydroxylation is 1. The Hall–Kier alpha value is -3.04. The molecule has 38 heavy (non-hydrogen) atoms. The van der Waals surface area contributed by atoms with E-state index in [-0.39, 0.29) is 0 Å². The lowest BCUT2D eigenvalue weighted by molar-refractivity contribution is 0.252. The Balaban J connectivity index is 1.27. The Kier molecular flexibility index (Phi) is 9.19. The standard InChI is InChI=1S/C38H44/c1-3-30-16-18-32(19-17-30)28-33-20-22-36(23-21-33)38(29(2)14-15-31-10-6-4-7-11-31)37-26-24-35(25-27-37)34-12-8-5-9-13-34/h1,4,6-7,10-11,16-19,24-27,33-34,36,38H,2,5,8-9,12-15,20-23,28H2. The smallest absolute Gasteiger partial charge is 0.0242 e. The second-order valence-corrected chi connectivity index (χ2v) is 11.9. The van der Waals surface area contributed by atoms with Crippen LogP contribution < -0.4 is 0 Å². The third kappa shape index (κ3) is 6.88. The van der Waals surface area contributed by atoms with Crippen molar-refractivity contribution >= 4 is 0 Å². The summed E-state index contributed by atoms with van der Waals surface area (Å²) in [6, 6.07) is 29.4. The van der Waals surface area contributed by atoms with Crippen LogP contribution >= 0.6 is 0 Å². The van der Waals surface area contributed by atoms with Crippen molar-refractivity contribution in [2.75, 3.05) is 0 Å². The van der Waals surface area contributed by atoms with Gasteiger partial charge in [0.05, 0.1) is 0 Å². The molecule has 0 amide bonds. The van der Waals surface area contributed by atoms with Crippen LogP contribution in [0.3, 0.4) is 0 Å². The molecule has 0 heteroatoms. The Morgan fingerprint density at radius 1 is 0.763 bits per heavy atom. The minimum atomic E-state index is 0.468. The number of benzene rings is 3. The number of hydrogen-bond donors (Lipinski definition) is 0. The van der Waals surface area contributed by atoms with Crippen LogP contribution in [0.1, 0.15) is 104 Å². The molecular weight excluding hydrogens is 456 g/mol. The van der Waals surface area contributed by atoms with Gasteiger partial charge in [0.25, 0.3) is 0 Å². The first-order chi connectivity index (χ1) is 18.7. The molecule has 2 fully saturated rings. The number of rotatable bonds is 9. The van der Waals surface area contributed by atoms with E-state index in [9.17, 15) is 0 Å². The van der Waals surface area contributed by atoms with Gasteiger partial charge in [0, 0.05) is 11.5 Å². The SMILES string of the molecule is C#Cc1ccc(CC2CCC(C(C(=C)CCc3ccccc3)c3ccc(C4CCCCC4)cc3)CC2)cc1. The Bertz CT molecular complexity index is 1180. The van der Waals surface area contributed by atoms with E-state index < -0.39 is 0 Å². The Morgan fingerprint density at radius 2 is 1.45 bits per heavy atom. The highest BCUT2D eigenvalue weighted by atomic mass is 14.3. The van der Waals surface area contributed by atoms with E-state index in [1.807, 2.05) is 0 Å². The highest BCUT2D eigenvalue weighted by Gasteiger charge is 2.30. The van der Waals surface area contributed by atoms with Gasteiger partial charge in [-0.05, 0) is 110 Å². The second kappa shape index (κ2) is 13.2. The maximum atomic E-state index is 5.54. The zero-order valence-corrected chi connectivity index (χ0v) is 23.1. The van der Waals surface area contributed by atoms with E-state index in [2.05, 4.69) is 84.8 Å². The van der Waals surface area contributed by atoms with E-state index in [4.69, 9.17) is 13.0 Å². The summed E-state index contributed by atoms with van der Waals surface area (Å²) in [5, 5.41) is 0. The fourth-order valence-electron chi connectivity index (χ4n) is 7.15. The minimum absolute atomic E-state index is 0.468. The van der Waals surface area contributed by atoms with Crippen molar-refractivity contribution in [1.29, 1.82) is 0 Å². The lowest BCUT2D eigenvalue weighted by Gasteiger charge is -2.36. The Morgan fingerprint density at radius 3 is 2.11 bits per heavy atom. The van der Waals surface area contributed by atoms with Crippen LogP contribution in [0, 0.1) is 24.2 Å². The molecule has 0 radical (unpaired) electrons. The highest BCUT2D eigenvalue weighted by molar-refractivity contribution is 5.35. The average molecular weight is 501 g/mol. The summed E-state index contributed by atoms with van der Waals surface area (Å²) in [4.78, 5) is 0. The summed E-state index contributed by atoms with van der Waals surface area (Å²) in [7, 11) is 0. The number of allylic oxidation sites excluding steroid dienone is 1. The van der Waals surface area contributed by atoms with Crippen molar-refractivity contribution in [3.8, 4) is 12.3 Å². The first-order valence-corrected chi connectivity index (χ1v) is 15.1. The molecule has 0 nitrogen and oxygen atoms in total. The molecule has 0 bridgehead atoms. The van der Waals surface area contributed by atoms with Gasteiger partial charge in [-0.15, -0.1) is 6.42 Å². The molecule has 0 spiro atoms. The van der Waals surface area contributed by atoms with E-state index in [0.29, 0.717) is 11.8 Å². The summed E-state index contributed by atoms with van der Waals surface area (Å²) in [6.45, 7) is 4.72. The molecule has 1 unspecified atom stereocenters. The largest absolute Gasteiger partial charge is 0.115 e. The van der Waals surface area contributed by atoms with E-state index in [1.165, 1.54) is 86.5 Å². The molecule has 2 saturated carbocycles. The lowest BCUT2D eigenvalue weighted by Crippen LogP contribution is -2.23. The van der Waals surface area contributed by atoms with Gasteiger partial charge < -0.3 is 0 Å². The summed E-state index contributed by atoms with van der Waals surface area (Å²) in [6.07, 6.45) is 21.0. The predicted octanol–water partition coefficient (Wildman–Crippen LogP) is 10.0. The van der Waals surface area contributed by atoms with E-state index >= 15 is 0 Å². The highest BCUT2D eigenvalue weighted by Crippen LogP contribution is 2.44. The quantitative estimate of drug-likeness (QED) is 0.202. The van der Waals surface area contributed by atoms with Crippen molar-refractivity contribution in [3.63, 3.8) is 0 Å². The fraction of sp³-hybridized carbons (Fsp3) is 0.421. The first kappa shape index (κ1) is 26.6. The molecule has 1 atom stereocenters.